The first kappa shape index (κ1) is 15.0. The van der Waals surface area contributed by atoms with Gasteiger partial charge in [0.2, 0.25) is 0 Å². The van der Waals surface area contributed by atoms with Gasteiger partial charge in [-0.25, -0.2) is 4.39 Å². The summed E-state index contributed by atoms with van der Waals surface area (Å²) in [5.41, 5.74) is 1.98. The Hall–Kier alpha value is -2.37. The summed E-state index contributed by atoms with van der Waals surface area (Å²) in [6.45, 7) is 5.02. The van der Waals surface area contributed by atoms with Crippen molar-refractivity contribution in [3.05, 3.63) is 47.0 Å². The van der Waals surface area contributed by atoms with E-state index in [0.29, 0.717) is 19.5 Å². The van der Waals surface area contributed by atoms with Crippen molar-refractivity contribution in [2.75, 3.05) is 6.54 Å². The largest absolute Gasteiger partial charge is 0.507 e. The molecule has 2 rings (SSSR count). The monoisotopic (exact) mass is 291 g/mol. The predicted molar refractivity (Wildman–Crippen MR) is 76.7 cm³/mol. The molecule has 2 N–H and O–H groups in total. The second-order valence-corrected chi connectivity index (χ2v) is 4.92. The van der Waals surface area contributed by atoms with Crippen LogP contribution in [-0.2, 0) is 6.54 Å². The van der Waals surface area contributed by atoms with Crippen LogP contribution in [0.4, 0.5) is 4.39 Å². The second kappa shape index (κ2) is 6.39. The zero-order valence-electron chi connectivity index (χ0n) is 12.1. The fraction of sp³-hybridized carbons (Fsp3) is 0.333. The lowest BCUT2D eigenvalue weighted by molar-refractivity contribution is 0.0949. The number of hydrogen-bond donors (Lipinski definition) is 2. The maximum absolute atomic E-state index is 13.1. The Balaban J connectivity index is 1.84. The first-order valence-corrected chi connectivity index (χ1v) is 6.75. The molecular weight excluding hydrogens is 273 g/mol. The summed E-state index contributed by atoms with van der Waals surface area (Å²) in [4.78, 5) is 11.8. The number of rotatable bonds is 5. The van der Waals surface area contributed by atoms with Gasteiger partial charge in [-0.3, -0.25) is 9.48 Å². The molecule has 0 unspecified atom stereocenters. The molecule has 6 heteroatoms. The van der Waals surface area contributed by atoms with Gasteiger partial charge < -0.3 is 10.4 Å². The minimum Gasteiger partial charge on any atom is -0.507 e. The van der Waals surface area contributed by atoms with E-state index in [0.717, 1.165) is 23.5 Å². The molecule has 0 aliphatic carbocycles. The summed E-state index contributed by atoms with van der Waals surface area (Å²) in [6.07, 6.45) is 0.698. The van der Waals surface area contributed by atoms with Crippen LogP contribution < -0.4 is 5.32 Å². The lowest BCUT2D eigenvalue weighted by Crippen LogP contribution is -2.25. The van der Waals surface area contributed by atoms with Gasteiger partial charge in [-0.15, -0.1) is 0 Å². The predicted octanol–water partition coefficient (Wildman–Crippen LogP) is 2.16. The summed E-state index contributed by atoms with van der Waals surface area (Å²) in [5, 5.41) is 16.5. The Morgan fingerprint density at radius 2 is 2.14 bits per heavy atom. The topological polar surface area (TPSA) is 67.2 Å². The van der Waals surface area contributed by atoms with Gasteiger partial charge in [-0.2, -0.15) is 5.10 Å². The maximum Gasteiger partial charge on any atom is 0.255 e. The highest BCUT2D eigenvalue weighted by Crippen LogP contribution is 2.17. The van der Waals surface area contributed by atoms with Gasteiger partial charge in [0.05, 0.1) is 11.3 Å². The normalized spacial score (nSPS) is 10.6. The number of benzene rings is 1. The molecule has 0 atom stereocenters. The molecule has 0 saturated heterocycles. The smallest absolute Gasteiger partial charge is 0.255 e. The van der Waals surface area contributed by atoms with Gasteiger partial charge in [-0.1, -0.05) is 0 Å². The van der Waals surface area contributed by atoms with Gasteiger partial charge in [0.15, 0.2) is 0 Å². The fourth-order valence-electron chi connectivity index (χ4n) is 2.12. The molecule has 0 fully saturated rings. The molecule has 1 aromatic heterocycles. The minimum absolute atomic E-state index is 0.0545. The average molecular weight is 291 g/mol. The summed E-state index contributed by atoms with van der Waals surface area (Å²) >= 11 is 0. The number of phenolic OH excluding ortho intramolecular Hbond substituents is 1. The summed E-state index contributed by atoms with van der Waals surface area (Å²) in [7, 11) is 0. The second-order valence-electron chi connectivity index (χ2n) is 4.92. The summed E-state index contributed by atoms with van der Waals surface area (Å²) < 4.78 is 14.9. The van der Waals surface area contributed by atoms with Crippen molar-refractivity contribution in [1.82, 2.24) is 15.1 Å². The average Bonchev–Trinajstić information content (AvgIpc) is 2.75. The van der Waals surface area contributed by atoms with Gasteiger partial charge in [0, 0.05) is 18.8 Å². The Morgan fingerprint density at radius 3 is 2.81 bits per heavy atom. The number of amides is 1. The molecule has 1 amide bonds. The van der Waals surface area contributed by atoms with E-state index < -0.39 is 11.7 Å². The van der Waals surface area contributed by atoms with E-state index in [1.54, 1.807) is 0 Å². The third kappa shape index (κ3) is 3.81. The van der Waals surface area contributed by atoms with Crippen molar-refractivity contribution in [2.24, 2.45) is 0 Å². The van der Waals surface area contributed by atoms with Gasteiger partial charge >= 0.3 is 0 Å². The number of hydrogen-bond acceptors (Lipinski definition) is 3. The number of nitrogens with zero attached hydrogens (tertiary/aromatic N) is 2. The van der Waals surface area contributed by atoms with Crippen LogP contribution in [0.1, 0.15) is 28.2 Å². The van der Waals surface area contributed by atoms with Crippen molar-refractivity contribution in [3.8, 4) is 5.75 Å². The summed E-state index contributed by atoms with van der Waals surface area (Å²) in [6, 6.07) is 5.28. The lowest BCUT2D eigenvalue weighted by Gasteiger charge is -2.08. The van der Waals surface area contributed by atoms with E-state index in [1.165, 1.54) is 6.07 Å². The fourth-order valence-corrected chi connectivity index (χ4v) is 2.12. The Bertz CT molecular complexity index is 652. The quantitative estimate of drug-likeness (QED) is 0.830. The van der Waals surface area contributed by atoms with Gasteiger partial charge in [0.25, 0.3) is 5.91 Å². The Kier molecular flexibility index (Phi) is 4.57. The molecule has 112 valence electrons. The van der Waals surface area contributed by atoms with Crippen LogP contribution in [-0.4, -0.2) is 27.3 Å². The van der Waals surface area contributed by atoms with E-state index in [-0.39, 0.29) is 11.3 Å². The molecule has 0 aliphatic rings. The van der Waals surface area contributed by atoms with Crippen LogP contribution in [0, 0.1) is 19.7 Å². The SMILES string of the molecule is Cc1cc(C)n(CCCNC(=O)c2cc(F)ccc2O)n1. The van der Waals surface area contributed by atoms with Crippen molar-refractivity contribution in [1.29, 1.82) is 0 Å². The highest BCUT2D eigenvalue weighted by Gasteiger charge is 2.11. The molecule has 1 heterocycles. The standard InChI is InChI=1S/C15H18FN3O2/c1-10-8-11(2)19(18-10)7-3-6-17-15(21)13-9-12(16)4-5-14(13)20/h4-5,8-9,20H,3,6-7H2,1-2H3,(H,17,21). The number of aromatic hydroxyl groups is 1. The summed E-state index contributed by atoms with van der Waals surface area (Å²) in [5.74, 6) is -1.27. The van der Waals surface area contributed by atoms with Crippen molar-refractivity contribution in [3.63, 3.8) is 0 Å². The highest BCUT2D eigenvalue weighted by atomic mass is 19.1. The zero-order chi connectivity index (χ0) is 15.4. The van der Waals surface area contributed by atoms with E-state index >= 15 is 0 Å². The Morgan fingerprint density at radius 1 is 1.38 bits per heavy atom. The molecule has 0 radical (unpaired) electrons. The maximum atomic E-state index is 13.1. The zero-order valence-corrected chi connectivity index (χ0v) is 12.1. The first-order valence-electron chi connectivity index (χ1n) is 6.75. The molecule has 5 nitrogen and oxygen atoms in total. The molecule has 0 bridgehead atoms. The number of phenols is 1. The van der Waals surface area contributed by atoms with Crippen LogP contribution in [0.3, 0.4) is 0 Å². The van der Waals surface area contributed by atoms with Crippen molar-refractivity contribution in [2.45, 2.75) is 26.8 Å². The number of nitrogens with one attached hydrogen (secondary N) is 1. The van der Waals surface area contributed by atoms with Crippen LogP contribution in [0.2, 0.25) is 0 Å². The van der Waals surface area contributed by atoms with E-state index in [4.69, 9.17) is 0 Å². The van der Waals surface area contributed by atoms with Crippen molar-refractivity contribution >= 4 is 5.91 Å². The number of carbonyl (C=O) groups excluding carboxylic acids is 1. The molecule has 1 aromatic carbocycles. The number of halogens is 1. The molecule has 0 spiro atoms. The first-order chi connectivity index (χ1) is 9.97. The van der Waals surface area contributed by atoms with E-state index in [1.807, 2.05) is 24.6 Å². The molecule has 21 heavy (non-hydrogen) atoms. The van der Waals surface area contributed by atoms with Crippen LogP contribution in [0.25, 0.3) is 0 Å². The third-order valence-electron chi connectivity index (χ3n) is 3.14. The third-order valence-corrected chi connectivity index (χ3v) is 3.14. The Labute approximate surface area is 122 Å². The molecular formula is C15H18FN3O2. The lowest BCUT2D eigenvalue weighted by atomic mass is 10.2. The number of aromatic nitrogens is 2. The molecule has 2 aromatic rings. The van der Waals surface area contributed by atoms with Crippen LogP contribution in [0.5, 0.6) is 5.75 Å². The molecule has 0 saturated carbocycles. The van der Waals surface area contributed by atoms with E-state index in [2.05, 4.69) is 10.4 Å². The van der Waals surface area contributed by atoms with Crippen LogP contribution >= 0.6 is 0 Å². The van der Waals surface area contributed by atoms with Gasteiger partial charge in [0.1, 0.15) is 11.6 Å². The highest BCUT2D eigenvalue weighted by molar-refractivity contribution is 5.96. The van der Waals surface area contributed by atoms with Crippen molar-refractivity contribution < 1.29 is 14.3 Å². The minimum atomic E-state index is -0.555. The van der Waals surface area contributed by atoms with Crippen LogP contribution in [0.15, 0.2) is 24.3 Å². The number of aryl methyl sites for hydroxylation is 3. The van der Waals surface area contributed by atoms with Gasteiger partial charge in [-0.05, 0) is 44.5 Å². The number of carbonyl (C=O) groups is 1. The molecule has 0 aliphatic heterocycles. The van der Waals surface area contributed by atoms with E-state index in [9.17, 15) is 14.3 Å².